The van der Waals surface area contributed by atoms with Crippen LogP contribution < -0.4 is 0 Å². The summed E-state index contributed by atoms with van der Waals surface area (Å²) in [7, 11) is 0. The summed E-state index contributed by atoms with van der Waals surface area (Å²) in [4.78, 5) is 10.1. The molecule has 0 aliphatic heterocycles. The maximum atomic E-state index is 10.5. The molecule has 1 aliphatic carbocycles. The first kappa shape index (κ1) is 8.22. The van der Waals surface area contributed by atoms with Gasteiger partial charge in [-0.1, -0.05) is 0 Å². The van der Waals surface area contributed by atoms with Gasteiger partial charge in [-0.15, -0.1) is 0 Å². The molecule has 0 aromatic carbocycles. The summed E-state index contributed by atoms with van der Waals surface area (Å²) in [5.74, 6) is -0.00750. The summed E-state index contributed by atoms with van der Waals surface area (Å²) in [6, 6.07) is 0.396. The molecule has 0 radical (unpaired) electrons. The highest BCUT2D eigenvalue weighted by Gasteiger charge is 2.26. The molecule has 0 bridgehead atoms. The lowest BCUT2D eigenvalue weighted by molar-refractivity contribution is -0.390. The predicted molar refractivity (Wildman–Crippen MR) is 46.5 cm³/mol. The summed E-state index contributed by atoms with van der Waals surface area (Å²) in [5.41, 5.74) is 0.650. The molecular formula is C8H11N3O2. The largest absolute Gasteiger partial charge is 0.392 e. The van der Waals surface area contributed by atoms with Crippen LogP contribution in [0, 0.1) is 17.0 Å². The van der Waals surface area contributed by atoms with Crippen molar-refractivity contribution in [3.05, 3.63) is 21.9 Å². The highest BCUT2D eigenvalue weighted by molar-refractivity contribution is 5.28. The minimum Gasteiger partial charge on any atom is -0.358 e. The molecule has 1 heterocycles. The Morgan fingerprint density at radius 2 is 2.38 bits per heavy atom. The third-order valence-electron chi connectivity index (χ3n) is 2.51. The van der Waals surface area contributed by atoms with Gasteiger partial charge in [-0.25, -0.2) is 0 Å². The summed E-state index contributed by atoms with van der Waals surface area (Å²) >= 11 is 0. The van der Waals surface area contributed by atoms with E-state index in [1.54, 1.807) is 17.8 Å². The molecule has 1 fully saturated rings. The second-order valence-electron chi connectivity index (χ2n) is 3.46. The van der Waals surface area contributed by atoms with Gasteiger partial charge in [0.25, 0.3) is 0 Å². The van der Waals surface area contributed by atoms with Gasteiger partial charge in [0.2, 0.25) is 0 Å². The first-order valence-electron chi connectivity index (χ1n) is 4.38. The van der Waals surface area contributed by atoms with Crippen LogP contribution in [0.3, 0.4) is 0 Å². The maximum absolute atomic E-state index is 10.5. The van der Waals surface area contributed by atoms with Gasteiger partial charge in [0.15, 0.2) is 0 Å². The second-order valence-corrected chi connectivity index (χ2v) is 3.46. The first-order valence-corrected chi connectivity index (χ1v) is 4.38. The Morgan fingerprint density at radius 1 is 1.69 bits per heavy atom. The fourth-order valence-corrected chi connectivity index (χ4v) is 1.49. The van der Waals surface area contributed by atoms with Crippen LogP contribution in [0.4, 0.5) is 5.82 Å². The van der Waals surface area contributed by atoms with E-state index in [9.17, 15) is 10.1 Å². The van der Waals surface area contributed by atoms with Crippen molar-refractivity contribution in [1.82, 2.24) is 9.78 Å². The Bertz CT molecular complexity index is 341. The number of hydrogen-bond acceptors (Lipinski definition) is 3. The van der Waals surface area contributed by atoms with Crippen molar-refractivity contribution in [2.75, 3.05) is 0 Å². The van der Waals surface area contributed by atoms with Crippen LogP contribution in [0.15, 0.2) is 6.20 Å². The highest BCUT2D eigenvalue weighted by Crippen LogP contribution is 2.32. The molecule has 0 spiro atoms. The van der Waals surface area contributed by atoms with Crippen molar-refractivity contribution in [3.8, 4) is 0 Å². The molecule has 2 rings (SSSR count). The zero-order valence-electron chi connectivity index (χ0n) is 7.43. The van der Waals surface area contributed by atoms with Crippen LogP contribution in [0.2, 0.25) is 0 Å². The molecular weight excluding hydrogens is 170 g/mol. The summed E-state index contributed by atoms with van der Waals surface area (Å²) in [6.07, 6.45) is 5.16. The molecule has 1 aliphatic rings. The van der Waals surface area contributed by atoms with Gasteiger partial charge in [-0.3, -0.25) is 0 Å². The average molecular weight is 181 g/mol. The van der Waals surface area contributed by atoms with E-state index in [1.807, 2.05) is 0 Å². The van der Waals surface area contributed by atoms with E-state index in [1.165, 1.54) is 6.42 Å². The molecule has 0 N–H and O–H groups in total. The van der Waals surface area contributed by atoms with Crippen molar-refractivity contribution in [2.24, 2.45) is 0 Å². The molecule has 0 atom stereocenters. The standard InChI is InChI=1S/C8H11N3O2/c1-6-5-10(7-3-2-4-7)9-8(6)11(12)13/h5,7H,2-4H2,1H3. The molecule has 0 saturated heterocycles. The lowest BCUT2D eigenvalue weighted by Crippen LogP contribution is -2.17. The number of rotatable bonds is 2. The minimum atomic E-state index is -0.426. The van der Waals surface area contributed by atoms with Crippen LogP contribution >= 0.6 is 0 Å². The van der Waals surface area contributed by atoms with E-state index in [0.717, 1.165) is 12.8 Å². The van der Waals surface area contributed by atoms with Crippen molar-refractivity contribution < 1.29 is 4.92 Å². The topological polar surface area (TPSA) is 61.0 Å². The summed E-state index contributed by atoms with van der Waals surface area (Å²) in [5, 5.41) is 14.4. The SMILES string of the molecule is Cc1cn(C2CCC2)nc1[N+](=O)[O-]. The number of nitrogens with zero attached hydrogens (tertiary/aromatic N) is 3. The highest BCUT2D eigenvalue weighted by atomic mass is 16.6. The van der Waals surface area contributed by atoms with Crippen LogP contribution in [-0.4, -0.2) is 14.7 Å². The Kier molecular flexibility index (Phi) is 1.79. The van der Waals surface area contributed by atoms with Gasteiger partial charge in [0.05, 0.1) is 22.9 Å². The molecule has 1 aromatic heterocycles. The van der Waals surface area contributed by atoms with Gasteiger partial charge in [-0.05, 0) is 31.1 Å². The van der Waals surface area contributed by atoms with Gasteiger partial charge in [0.1, 0.15) is 0 Å². The van der Waals surface area contributed by atoms with Crippen LogP contribution in [0.5, 0.6) is 0 Å². The fraction of sp³-hybridized carbons (Fsp3) is 0.625. The molecule has 0 unspecified atom stereocenters. The Hall–Kier alpha value is -1.39. The zero-order chi connectivity index (χ0) is 9.42. The van der Waals surface area contributed by atoms with Crippen LogP contribution in [0.1, 0.15) is 30.9 Å². The molecule has 0 amide bonds. The van der Waals surface area contributed by atoms with Crippen LogP contribution in [-0.2, 0) is 0 Å². The predicted octanol–water partition coefficient (Wildman–Crippen LogP) is 1.82. The minimum absolute atomic E-state index is 0.00750. The van der Waals surface area contributed by atoms with E-state index >= 15 is 0 Å². The van der Waals surface area contributed by atoms with E-state index in [2.05, 4.69) is 5.10 Å². The number of nitro groups is 1. The summed E-state index contributed by atoms with van der Waals surface area (Å²) < 4.78 is 1.73. The van der Waals surface area contributed by atoms with Gasteiger partial charge in [-0.2, -0.15) is 4.68 Å². The van der Waals surface area contributed by atoms with Gasteiger partial charge < -0.3 is 10.1 Å². The Labute approximate surface area is 75.5 Å². The molecule has 5 nitrogen and oxygen atoms in total. The number of hydrogen-bond donors (Lipinski definition) is 0. The summed E-state index contributed by atoms with van der Waals surface area (Å²) in [6.45, 7) is 1.72. The fourth-order valence-electron chi connectivity index (χ4n) is 1.49. The average Bonchev–Trinajstić information content (AvgIpc) is 2.27. The maximum Gasteiger partial charge on any atom is 0.392 e. The van der Waals surface area contributed by atoms with Crippen molar-refractivity contribution >= 4 is 5.82 Å². The van der Waals surface area contributed by atoms with E-state index in [-0.39, 0.29) is 5.82 Å². The second kappa shape index (κ2) is 2.83. The number of aryl methyl sites for hydroxylation is 1. The van der Waals surface area contributed by atoms with Crippen molar-refractivity contribution in [2.45, 2.75) is 32.2 Å². The van der Waals surface area contributed by atoms with Gasteiger partial charge in [0, 0.05) is 0 Å². The molecule has 1 saturated carbocycles. The smallest absolute Gasteiger partial charge is 0.358 e. The normalized spacial score (nSPS) is 17.0. The van der Waals surface area contributed by atoms with Crippen molar-refractivity contribution in [1.29, 1.82) is 0 Å². The third kappa shape index (κ3) is 1.30. The first-order chi connectivity index (χ1) is 6.18. The van der Waals surface area contributed by atoms with E-state index < -0.39 is 4.92 Å². The van der Waals surface area contributed by atoms with Crippen LogP contribution in [0.25, 0.3) is 0 Å². The quantitative estimate of drug-likeness (QED) is 0.516. The molecule has 13 heavy (non-hydrogen) atoms. The van der Waals surface area contributed by atoms with Crippen molar-refractivity contribution in [3.63, 3.8) is 0 Å². The lowest BCUT2D eigenvalue weighted by Gasteiger charge is -2.22. The molecule has 5 heteroatoms. The Morgan fingerprint density at radius 3 is 2.77 bits per heavy atom. The van der Waals surface area contributed by atoms with Gasteiger partial charge >= 0.3 is 5.82 Å². The Balaban J connectivity index is 2.28. The number of aromatic nitrogens is 2. The monoisotopic (exact) mass is 181 g/mol. The van der Waals surface area contributed by atoms with E-state index in [4.69, 9.17) is 0 Å². The van der Waals surface area contributed by atoms with E-state index in [0.29, 0.717) is 11.6 Å². The third-order valence-corrected chi connectivity index (χ3v) is 2.51. The lowest BCUT2D eigenvalue weighted by atomic mass is 9.93. The molecule has 70 valence electrons. The molecule has 1 aromatic rings. The zero-order valence-corrected chi connectivity index (χ0v) is 7.43.